The molecule has 1 saturated heterocycles. The second-order valence-electron chi connectivity index (χ2n) is 5.59. The van der Waals surface area contributed by atoms with Gasteiger partial charge in [-0.2, -0.15) is 0 Å². The lowest BCUT2D eigenvalue weighted by molar-refractivity contribution is 0.145. The van der Waals surface area contributed by atoms with E-state index in [1.807, 2.05) is 24.4 Å². The average molecular weight is 286 g/mol. The number of fused-ring (bicyclic) bond motifs is 1. The molecule has 1 aliphatic rings. The first-order valence-corrected chi connectivity index (χ1v) is 7.55. The lowest BCUT2D eigenvalue weighted by Gasteiger charge is -2.32. The van der Waals surface area contributed by atoms with Crippen molar-refractivity contribution in [3.8, 4) is 5.75 Å². The molecule has 0 unspecified atom stereocenters. The Kier molecular flexibility index (Phi) is 4.62. The predicted octanol–water partition coefficient (Wildman–Crippen LogP) is 1.65. The molecule has 1 fully saturated rings. The van der Waals surface area contributed by atoms with Gasteiger partial charge in [0.25, 0.3) is 0 Å². The number of benzene rings is 1. The number of rotatable bonds is 5. The topological polar surface area (TPSA) is 41.5 Å². The minimum atomic E-state index is 0.755. The number of hydrogen-bond donors (Lipinski definition) is 0. The van der Waals surface area contributed by atoms with Crippen LogP contribution in [-0.2, 0) is 0 Å². The lowest BCUT2D eigenvalue weighted by Crippen LogP contribution is -2.44. The van der Waals surface area contributed by atoms with Crippen molar-refractivity contribution in [2.24, 2.45) is 0 Å². The molecule has 0 atom stereocenters. The van der Waals surface area contributed by atoms with Gasteiger partial charge in [-0.05, 0) is 31.7 Å². The fraction of sp³-hybridized carbons (Fsp3) is 0.500. The smallest absolute Gasteiger partial charge is 0.120 e. The summed E-state index contributed by atoms with van der Waals surface area (Å²) in [7, 11) is 2.18. The molecule has 3 rings (SSSR count). The van der Waals surface area contributed by atoms with Crippen LogP contribution in [0.15, 0.2) is 30.7 Å². The number of hydrogen-bond acceptors (Lipinski definition) is 5. The van der Waals surface area contributed by atoms with E-state index in [9.17, 15) is 0 Å². The van der Waals surface area contributed by atoms with Crippen LogP contribution in [0.4, 0.5) is 0 Å². The van der Waals surface area contributed by atoms with E-state index >= 15 is 0 Å². The third-order valence-electron chi connectivity index (χ3n) is 3.96. The van der Waals surface area contributed by atoms with Crippen molar-refractivity contribution in [1.29, 1.82) is 0 Å². The lowest BCUT2D eigenvalue weighted by atomic mass is 10.2. The normalized spacial score (nSPS) is 17.2. The molecule has 2 aromatic rings. The maximum absolute atomic E-state index is 5.83. The zero-order valence-corrected chi connectivity index (χ0v) is 12.5. The maximum Gasteiger partial charge on any atom is 0.120 e. The van der Waals surface area contributed by atoms with Crippen molar-refractivity contribution in [3.63, 3.8) is 0 Å². The predicted molar refractivity (Wildman–Crippen MR) is 83.6 cm³/mol. The quantitative estimate of drug-likeness (QED) is 0.782. The SMILES string of the molecule is CN1CCN(CCCOc2ccc3ncncc3c2)CC1. The van der Waals surface area contributed by atoms with Crippen LogP contribution in [0.3, 0.4) is 0 Å². The van der Waals surface area contributed by atoms with Crippen LogP contribution in [0, 0.1) is 0 Å². The molecule has 1 aromatic heterocycles. The van der Waals surface area contributed by atoms with Gasteiger partial charge < -0.3 is 14.5 Å². The van der Waals surface area contributed by atoms with Gasteiger partial charge in [0.1, 0.15) is 12.1 Å². The van der Waals surface area contributed by atoms with Crippen molar-refractivity contribution >= 4 is 10.9 Å². The summed E-state index contributed by atoms with van der Waals surface area (Å²) in [5.41, 5.74) is 0.954. The van der Waals surface area contributed by atoms with Crippen molar-refractivity contribution in [2.75, 3.05) is 46.4 Å². The second kappa shape index (κ2) is 6.83. The molecule has 0 radical (unpaired) electrons. The Morgan fingerprint density at radius 3 is 2.90 bits per heavy atom. The molecule has 0 bridgehead atoms. The molecule has 2 heterocycles. The van der Waals surface area contributed by atoms with Crippen LogP contribution in [0.25, 0.3) is 10.9 Å². The summed E-state index contributed by atoms with van der Waals surface area (Å²) < 4.78 is 5.83. The molecule has 0 aliphatic carbocycles. The highest BCUT2D eigenvalue weighted by atomic mass is 16.5. The van der Waals surface area contributed by atoms with Crippen LogP contribution in [0.5, 0.6) is 5.75 Å². The fourth-order valence-electron chi connectivity index (χ4n) is 2.60. The van der Waals surface area contributed by atoms with Crippen LogP contribution in [0.2, 0.25) is 0 Å². The van der Waals surface area contributed by atoms with Crippen molar-refractivity contribution in [3.05, 3.63) is 30.7 Å². The van der Waals surface area contributed by atoms with E-state index in [-0.39, 0.29) is 0 Å². The van der Waals surface area contributed by atoms with Gasteiger partial charge in [-0.3, -0.25) is 0 Å². The zero-order chi connectivity index (χ0) is 14.5. The molecular formula is C16H22N4O. The summed E-state index contributed by atoms with van der Waals surface area (Å²) in [6.45, 7) is 6.56. The van der Waals surface area contributed by atoms with E-state index in [1.165, 1.54) is 26.2 Å². The Morgan fingerprint density at radius 1 is 1.19 bits per heavy atom. The maximum atomic E-state index is 5.83. The minimum Gasteiger partial charge on any atom is -0.494 e. The Bertz CT molecular complexity index is 581. The molecular weight excluding hydrogens is 264 g/mol. The highest BCUT2D eigenvalue weighted by molar-refractivity contribution is 5.78. The number of piperazine rings is 1. The van der Waals surface area contributed by atoms with Crippen molar-refractivity contribution < 1.29 is 4.74 Å². The Hall–Kier alpha value is -1.72. The first-order chi connectivity index (χ1) is 10.3. The molecule has 1 aliphatic heterocycles. The van der Waals surface area contributed by atoms with Gasteiger partial charge in [-0.1, -0.05) is 0 Å². The van der Waals surface area contributed by atoms with Gasteiger partial charge in [0, 0.05) is 44.3 Å². The van der Waals surface area contributed by atoms with Crippen LogP contribution in [0.1, 0.15) is 6.42 Å². The van der Waals surface area contributed by atoms with Crippen molar-refractivity contribution in [1.82, 2.24) is 19.8 Å². The molecule has 0 spiro atoms. The number of likely N-dealkylation sites (N-methyl/N-ethyl adjacent to an activating group) is 1. The van der Waals surface area contributed by atoms with Gasteiger partial charge in [0.15, 0.2) is 0 Å². The van der Waals surface area contributed by atoms with Gasteiger partial charge in [0.2, 0.25) is 0 Å². The van der Waals surface area contributed by atoms with E-state index in [4.69, 9.17) is 4.74 Å². The standard InChI is InChI=1S/C16H22N4O/c1-19-6-8-20(9-7-19)5-2-10-21-15-3-4-16-14(11-15)12-17-13-18-16/h3-4,11-13H,2,5-10H2,1H3. The van der Waals surface area contributed by atoms with Crippen LogP contribution in [-0.4, -0.2) is 66.1 Å². The Balaban J connectivity index is 1.44. The van der Waals surface area contributed by atoms with Crippen LogP contribution < -0.4 is 4.74 Å². The zero-order valence-electron chi connectivity index (χ0n) is 12.5. The van der Waals surface area contributed by atoms with E-state index in [0.717, 1.165) is 36.2 Å². The van der Waals surface area contributed by atoms with E-state index in [2.05, 4.69) is 26.8 Å². The number of nitrogens with zero attached hydrogens (tertiary/aromatic N) is 4. The summed E-state index contributed by atoms with van der Waals surface area (Å²) in [6.07, 6.45) is 4.45. The Morgan fingerprint density at radius 2 is 2.05 bits per heavy atom. The van der Waals surface area contributed by atoms with Crippen LogP contribution >= 0.6 is 0 Å². The van der Waals surface area contributed by atoms with E-state index in [0.29, 0.717) is 0 Å². The molecule has 5 heteroatoms. The molecule has 0 N–H and O–H groups in total. The van der Waals surface area contributed by atoms with E-state index < -0.39 is 0 Å². The fourth-order valence-corrected chi connectivity index (χ4v) is 2.60. The number of aromatic nitrogens is 2. The van der Waals surface area contributed by atoms with E-state index in [1.54, 1.807) is 6.33 Å². The third kappa shape index (κ3) is 3.89. The number of ether oxygens (including phenoxy) is 1. The van der Waals surface area contributed by atoms with Crippen molar-refractivity contribution in [2.45, 2.75) is 6.42 Å². The molecule has 1 aromatic carbocycles. The first-order valence-electron chi connectivity index (χ1n) is 7.55. The molecule has 5 nitrogen and oxygen atoms in total. The summed E-state index contributed by atoms with van der Waals surface area (Å²) >= 11 is 0. The largest absolute Gasteiger partial charge is 0.494 e. The van der Waals surface area contributed by atoms with Gasteiger partial charge in [-0.15, -0.1) is 0 Å². The van der Waals surface area contributed by atoms with Gasteiger partial charge >= 0.3 is 0 Å². The average Bonchev–Trinajstić information content (AvgIpc) is 2.53. The molecule has 112 valence electrons. The minimum absolute atomic E-state index is 0.755. The Labute approximate surface area is 125 Å². The summed E-state index contributed by atoms with van der Waals surface area (Å²) in [5.74, 6) is 0.899. The second-order valence-corrected chi connectivity index (χ2v) is 5.59. The summed E-state index contributed by atoms with van der Waals surface area (Å²) in [5, 5.41) is 1.02. The highest BCUT2D eigenvalue weighted by Gasteiger charge is 2.12. The summed E-state index contributed by atoms with van der Waals surface area (Å²) in [4.78, 5) is 13.1. The first kappa shape index (κ1) is 14.2. The summed E-state index contributed by atoms with van der Waals surface area (Å²) in [6, 6.07) is 5.96. The third-order valence-corrected chi connectivity index (χ3v) is 3.96. The molecule has 21 heavy (non-hydrogen) atoms. The molecule has 0 amide bonds. The van der Waals surface area contributed by atoms with Gasteiger partial charge in [-0.25, -0.2) is 9.97 Å². The monoisotopic (exact) mass is 286 g/mol. The highest BCUT2D eigenvalue weighted by Crippen LogP contribution is 2.18. The van der Waals surface area contributed by atoms with Gasteiger partial charge in [0.05, 0.1) is 12.1 Å². The molecule has 0 saturated carbocycles.